The van der Waals surface area contributed by atoms with Crippen molar-refractivity contribution < 1.29 is 14.6 Å². The zero-order chi connectivity index (χ0) is 13.2. The molecule has 1 heterocycles. The minimum Gasteiger partial charge on any atom is -0.358 e. The van der Waals surface area contributed by atoms with E-state index in [1.807, 2.05) is 0 Å². The number of rotatable bonds is 4. The zero-order valence-electron chi connectivity index (χ0n) is 9.19. The molecule has 0 radical (unpaired) electrons. The molecule has 0 aliphatic heterocycles. The fourth-order valence-corrected chi connectivity index (χ4v) is 1.15. The second-order valence-corrected chi connectivity index (χ2v) is 3.49. The highest BCUT2D eigenvalue weighted by Crippen LogP contribution is 2.22. The smallest absolute Gasteiger partial charge is 0.330 e. The first kappa shape index (κ1) is 12.6. The van der Waals surface area contributed by atoms with E-state index in [4.69, 9.17) is 0 Å². The van der Waals surface area contributed by atoms with Crippen LogP contribution in [0.3, 0.4) is 0 Å². The number of nitrogens with zero attached hydrogens (tertiary/aromatic N) is 4. The first-order chi connectivity index (χ1) is 7.82. The maximum Gasteiger partial charge on any atom is 0.330 e. The molecule has 17 heavy (non-hydrogen) atoms. The van der Waals surface area contributed by atoms with Crippen LogP contribution in [0.5, 0.6) is 0 Å². The third-order valence-corrected chi connectivity index (χ3v) is 2.06. The molecular weight excluding hydrogens is 232 g/mol. The molecule has 9 heteroatoms. The maximum atomic E-state index is 11.4. The summed E-state index contributed by atoms with van der Waals surface area (Å²) in [5, 5.41) is 21.1. The van der Waals surface area contributed by atoms with Crippen LogP contribution in [0.1, 0.15) is 0 Å². The molecule has 0 atom stereocenters. The Morgan fingerprint density at radius 2 is 1.94 bits per heavy atom. The van der Waals surface area contributed by atoms with Gasteiger partial charge in [0.2, 0.25) is 0 Å². The monoisotopic (exact) mass is 242 g/mol. The van der Waals surface area contributed by atoms with E-state index in [9.17, 15) is 25.0 Å². The van der Waals surface area contributed by atoms with Crippen molar-refractivity contribution in [2.24, 2.45) is 0 Å². The van der Waals surface area contributed by atoms with Crippen LogP contribution in [0.2, 0.25) is 0 Å². The van der Waals surface area contributed by atoms with Gasteiger partial charge in [0.15, 0.2) is 12.7 Å². The summed E-state index contributed by atoms with van der Waals surface area (Å²) in [5.41, 5.74) is -0.414. The molecule has 0 unspecified atom stereocenters. The van der Waals surface area contributed by atoms with E-state index >= 15 is 0 Å². The van der Waals surface area contributed by atoms with E-state index < -0.39 is 27.3 Å². The normalized spacial score (nSPS) is 10.0. The van der Waals surface area contributed by atoms with E-state index in [0.29, 0.717) is 0 Å². The summed E-state index contributed by atoms with van der Waals surface area (Å²) in [4.78, 5) is 32.2. The molecule has 1 amide bonds. The van der Waals surface area contributed by atoms with Gasteiger partial charge < -0.3 is 15.0 Å². The summed E-state index contributed by atoms with van der Waals surface area (Å²) in [5.74, 6) is -0.870. The number of amides is 1. The Morgan fingerprint density at radius 1 is 1.35 bits per heavy atom. The maximum absolute atomic E-state index is 11.4. The lowest BCUT2D eigenvalue weighted by atomic mass is 10.5. The van der Waals surface area contributed by atoms with Gasteiger partial charge in [0, 0.05) is 14.1 Å². The Hall–Kier alpha value is -2.45. The first-order valence-electron chi connectivity index (χ1n) is 4.52. The molecule has 9 nitrogen and oxygen atoms in total. The number of likely N-dealkylation sites (N-methyl/N-ethyl adjacent to an activating group) is 1. The highest BCUT2D eigenvalue weighted by atomic mass is 16.6. The minimum absolute atomic E-state index is 0.308. The summed E-state index contributed by atoms with van der Waals surface area (Å²) in [7, 11) is 2.98. The van der Waals surface area contributed by atoms with Crippen molar-refractivity contribution in [2.75, 3.05) is 14.1 Å². The molecule has 0 fully saturated rings. The number of carbonyl (C=O) groups is 1. The number of nitro groups is 2. The minimum atomic E-state index is -0.768. The Labute approximate surface area is 95.5 Å². The Kier molecular flexibility index (Phi) is 3.41. The average molecular weight is 242 g/mol. The molecule has 0 bridgehead atoms. The Bertz CT molecular complexity index is 478. The lowest BCUT2D eigenvalue weighted by molar-refractivity contribution is -0.394. The van der Waals surface area contributed by atoms with Crippen molar-refractivity contribution in [3.63, 3.8) is 0 Å². The van der Waals surface area contributed by atoms with Gasteiger partial charge in [-0.1, -0.05) is 0 Å². The molecule has 0 aliphatic rings. The fourth-order valence-electron chi connectivity index (χ4n) is 1.15. The van der Waals surface area contributed by atoms with Crippen LogP contribution in [0.4, 0.5) is 11.5 Å². The predicted octanol–water partition coefficient (Wildman–Crippen LogP) is 0.393. The van der Waals surface area contributed by atoms with E-state index in [1.54, 1.807) is 0 Å². The molecule has 0 spiro atoms. The van der Waals surface area contributed by atoms with Gasteiger partial charge in [-0.05, 0) is 4.92 Å². The third kappa shape index (κ3) is 2.77. The molecule has 0 saturated carbocycles. The van der Waals surface area contributed by atoms with Crippen molar-refractivity contribution >= 4 is 17.4 Å². The van der Waals surface area contributed by atoms with Crippen molar-refractivity contribution in [2.45, 2.75) is 6.54 Å². The number of carbonyl (C=O) groups excluding carboxylic acids is 1. The van der Waals surface area contributed by atoms with Crippen LogP contribution < -0.4 is 0 Å². The molecule has 1 aromatic rings. The summed E-state index contributed by atoms with van der Waals surface area (Å²) >= 11 is 0. The molecule has 92 valence electrons. The number of hydrogen-bond acceptors (Lipinski definition) is 5. The number of aromatic nitrogens is 1. The first-order valence-corrected chi connectivity index (χ1v) is 4.52. The molecule has 0 aromatic carbocycles. The van der Waals surface area contributed by atoms with E-state index in [1.165, 1.54) is 19.0 Å². The predicted molar refractivity (Wildman–Crippen MR) is 56.4 cm³/mol. The fraction of sp³-hybridized carbons (Fsp3) is 0.375. The Morgan fingerprint density at radius 3 is 2.35 bits per heavy atom. The van der Waals surface area contributed by atoms with Crippen LogP contribution in [-0.2, 0) is 11.3 Å². The third-order valence-electron chi connectivity index (χ3n) is 2.06. The van der Waals surface area contributed by atoms with Crippen LogP contribution in [0.25, 0.3) is 0 Å². The van der Waals surface area contributed by atoms with Gasteiger partial charge in [0.1, 0.15) is 6.07 Å². The van der Waals surface area contributed by atoms with Crippen LogP contribution in [0, 0.1) is 20.2 Å². The molecular formula is C8H10N4O5. The number of hydrogen-bond donors (Lipinski definition) is 0. The van der Waals surface area contributed by atoms with Crippen molar-refractivity contribution in [1.82, 2.24) is 9.47 Å². The lowest BCUT2D eigenvalue weighted by Gasteiger charge is -2.08. The van der Waals surface area contributed by atoms with Gasteiger partial charge in [-0.2, -0.15) is 0 Å². The van der Waals surface area contributed by atoms with Gasteiger partial charge in [0.25, 0.3) is 5.91 Å². The molecule has 0 N–H and O–H groups in total. The van der Waals surface area contributed by atoms with E-state index in [0.717, 1.165) is 16.8 Å². The highest BCUT2D eigenvalue weighted by molar-refractivity contribution is 5.75. The van der Waals surface area contributed by atoms with Crippen LogP contribution >= 0.6 is 0 Å². The van der Waals surface area contributed by atoms with E-state index in [-0.39, 0.29) is 6.54 Å². The quantitative estimate of drug-likeness (QED) is 0.560. The van der Waals surface area contributed by atoms with Crippen molar-refractivity contribution in [3.05, 3.63) is 32.5 Å². The Balaban J connectivity index is 3.09. The highest BCUT2D eigenvalue weighted by Gasteiger charge is 2.24. The summed E-state index contributed by atoms with van der Waals surface area (Å²) in [6, 6.07) is 0.822. The van der Waals surface area contributed by atoms with Gasteiger partial charge >= 0.3 is 11.5 Å². The SMILES string of the molecule is CN(C)C(=O)Cn1cc([N+](=O)[O-])cc1[N+](=O)[O-]. The summed E-state index contributed by atoms with van der Waals surface area (Å²) in [6.07, 6.45) is 0.972. The molecule has 1 rings (SSSR count). The topological polar surface area (TPSA) is 112 Å². The van der Waals surface area contributed by atoms with Crippen LogP contribution in [-0.4, -0.2) is 39.3 Å². The van der Waals surface area contributed by atoms with Gasteiger partial charge in [0.05, 0.1) is 4.92 Å². The lowest BCUT2D eigenvalue weighted by Crippen LogP contribution is -2.26. The average Bonchev–Trinajstić information content (AvgIpc) is 2.61. The van der Waals surface area contributed by atoms with Gasteiger partial charge in [-0.3, -0.25) is 14.9 Å². The molecule has 1 aromatic heterocycles. The largest absolute Gasteiger partial charge is 0.358 e. The molecule has 0 aliphatic carbocycles. The van der Waals surface area contributed by atoms with Crippen molar-refractivity contribution in [3.8, 4) is 0 Å². The summed E-state index contributed by atoms with van der Waals surface area (Å²) in [6.45, 7) is -0.308. The van der Waals surface area contributed by atoms with Gasteiger partial charge in [-0.15, -0.1) is 0 Å². The second kappa shape index (κ2) is 4.60. The van der Waals surface area contributed by atoms with Gasteiger partial charge in [-0.25, -0.2) is 4.57 Å². The second-order valence-electron chi connectivity index (χ2n) is 3.49. The van der Waals surface area contributed by atoms with Crippen LogP contribution in [0.15, 0.2) is 12.3 Å². The van der Waals surface area contributed by atoms with E-state index in [2.05, 4.69) is 0 Å². The summed E-state index contributed by atoms with van der Waals surface area (Å²) < 4.78 is 0.945. The zero-order valence-corrected chi connectivity index (χ0v) is 9.19. The molecule has 0 saturated heterocycles. The van der Waals surface area contributed by atoms with Crippen molar-refractivity contribution in [1.29, 1.82) is 0 Å². The standard InChI is InChI=1S/C8H10N4O5/c1-9(2)8(13)5-10-4-6(11(14)15)3-7(10)12(16)17/h3-4H,5H2,1-2H3.